The molecular weight excluding hydrogens is 238 g/mol. The molecule has 19 heavy (non-hydrogen) atoms. The van der Waals surface area contributed by atoms with Gasteiger partial charge in [0.05, 0.1) is 11.1 Å². The Balaban J connectivity index is 1.91. The summed E-state index contributed by atoms with van der Waals surface area (Å²) < 4.78 is 6.09. The van der Waals surface area contributed by atoms with E-state index in [9.17, 15) is 4.79 Å². The summed E-state index contributed by atoms with van der Waals surface area (Å²) in [6, 6.07) is 5.87. The lowest BCUT2D eigenvalue weighted by Crippen LogP contribution is -2.40. The zero-order valence-electron chi connectivity index (χ0n) is 11.1. The van der Waals surface area contributed by atoms with Crippen molar-refractivity contribution in [1.82, 2.24) is 4.90 Å². The molecule has 98 valence electrons. The molecule has 0 saturated carbocycles. The zero-order chi connectivity index (χ0) is 13.0. The van der Waals surface area contributed by atoms with Crippen molar-refractivity contribution in [1.29, 1.82) is 0 Å². The minimum atomic E-state index is -0.0221. The van der Waals surface area contributed by atoms with Crippen molar-refractivity contribution < 1.29 is 9.53 Å². The van der Waals surface area contributed by atoms with Crippen LogP contribution < -0.4 is 4.74 Å². The molecule has 1 fully saturated rings. The molecule has 0 bridgehead atoms. The maximum absolute atomic E-state index is 12.8. The molecule has 3 heterocycles. The average Bonchev–Trinajstić information content (AvgIpc) is 2.86. The molecule has 0 aromatic heterocycles. The number of allylic oxidation sites excluding steroid dienone is 1. The predicted molar refractivity (Wildman–Crippen MR) is 72.4 cm³/mol. The summed E-state index contributed by atoms with van der Waals surface area (Å²) in [5.41, 5.74) is 3.97. The van der Waals surface area contributed by atoms with Crippen LogP contribution >= 0.6 is 0 Å². The number of ether oxygens (including phenoxy) is 1. The lowest BCUT2D eigenvalue weighted by molar-refractivity contribution is 0.0919. The third kappa shape index (κ3) is 1.47. The molecule has 0 amide bonds. The van der Waals surface area contributed by atoms with E-state index in [1.807, 2.05) is 25.1 Å². The Kier molecular flexibility index (Phi) is 2.25. The Labute approximate surface area is 112 Å². The Bertz CT molecular complexity index is 603. The minimum Gasteiger partial charge on any atom is -0.485 e. The van der Waals surface area contributed by atoms with Crippen molar-refractivity contribution in [2.24, 2.45) is 0 Å². The van der Waals surface area contributed by atoms with E-state index in [0.717, 1.165) is 48.4 Å². The van der Waals surface area contributed by atoms with Gasteiger partial charge in [0.1, 0.15) is 11.9 Å². The molecule has 0 spiro atoms. The second-order valence-corrected chi connectivity index (χ2v) is 5.62. The van der Waals surface area contributed by atoms with E-state index in [0.29, 0.717) is 0 Å². The molecule has 1 unspecified atom stereocenters. The number of hydrogen-bond donors (Lipinski definition) is 0. The van der Waals surface area contributed by atoms with Crippen LogP contribution in [0.5, 0.6) is 5.75 Å². The number of ketones is 1. The summed E-state index contributed by atoms with van der Waals surface area (Å²) in [5, 5.41) is 0. The second kappa shape index (κ2) is 3.86. The van der Waals surface area contributed by atoms with Gasteiger partial charge in [0.25, 0.3) is 0 Å². The van der Waals surface area contributed by atoms with Crippen molar-refractivity contribution >= 4 is 5.78 Å². The smallest absolute Gasteiger partial charge is 0.198 e. The lowest BCUT2D eigenvalue weighted by atomic mass is 9.87. The summed E-state index contributed by atoms with van der Waals surface area (Å²) in [4.78, 5) is 15.2. The lowest BCUT2D eigenvalue weighted by Gasteiger charge is -2.37. The van der Waals surface area contributed by atoms with E-state index >= 15 is 0 Å². The highest BCUT2D eigenvalue weighted by molar-refractivity contribution is 6.13. The first-order valence-corrected chi connectivity index (χ1v) is 7.04. The number of nitrogens with zero attached hydrogens (tertiary/aromatic N) is 1. The predicted octanol–water partition coefficient (Wildman–Crippen LogP) is 2.69. The summed E-state index contributed by atoms with van der Waals surface area (Å²) >= 11 is 0. The topological polar surface area (TPSA) is 29.5 Å². The van der Waals surface area contributed by atoms with Gasteiger partial charge in [-0.2, -0.15) is 0 Å². The van der Waals surface area contributed by atoms with Crippen molar-refractivity contribution in [3.8, 4) is 5.75 Å². The fourth-order valence-electron chi connectivity index (χ4n) is 3.60. The summed E-state index contributed by atoms with van der Waals surface area (Å²) in [6.07, 6.45) is 3.10. The summed E-state index contributed by atoms with van der Waals surface area (Å²) in [5.74, 6) is 0.969. The largest absolute Gasteiger partial charge is 0.485 e. The van der Waals surface area contributed by atoms with E-state index in [-0.39, 0.29) is 11.9 Å². The maximum Gasteiger partial charge on any atom is 0.198 e. The Morgan fingerprint density at radius 1 is 1.32 bits per heavy atom. The van der Waals surface area contributed by atoms with E-state index in [2.05, 4.69) is 4.90 Å². The monoisotopic (exact) mass is 255 g/mol. The van der Waals surface area contributed by atoms with Gasteiger partial charge in [0.2, 0.25) is 0 Å². The molecule has 4 rings (SSSR count). The number of aryl methyl sites for hydroxylation is 1. The van der Waals surface area contributed by atoms with Crippen LogP contribution in [0.25, 0.3) is 0 Å². The van der Waals surface area contributed by atoms with Gasteiger partial charge in [-0.3, -0.25) is 4.79 Å². The third-order valence-electron chi connectivity index (χ3n) is 4.49. The van der Waals surface area contributed by atoms with Crippen LogP contribution in [0.1, 0.15) is 35.2 Å². The fraction of sp³-hybridized carbons (Fsp3) is 0.438. The fourth-order valence-corrected chi connectivity index (χ4v) is 3.60. The number of rotatable bonds is 0. The van der Waals surface area contributed by atoms with Crippen LogP contribution in [-0.2, 0) is 0 Å². The van der Waals surface area contributed by atoms with E-state index < -0.39 is 0 Å². The van der Waals surface area contributed by atoms with Crippen molar-refractivity contribution in [3.63, 3.8) is 0 Å². The normalized spacial score (nSPS) is 24.8. The van der Waals surface area contributed by atoms with Gasteiger partial charge in [-0.1, -0.05) is 12.1 Å². The Morgan fingerprint density at radius 3 is 3.11 bits per heavy atom. The molecule has 1 aromatic rings. The number of carbonyl (C=O) groups is 1. The Hall–Kier alpha value is -1.77. The SMILES string of the molecule is Cc1cccc2c1C(=O)C1=C3CCCN3CCC1O2. The standard InChI is InChI=1S/C16H17NO2/c1-10-4-2-6-12-14(10)16(18)15-11-5-3-8-17(11)9-7-13(15)19-12/h2,4,6,13H,3,5,7-9H2,1H3. The molecule has 3 nitrogen and oxygen atoms in total. The number of Topliss-reactive ketones (excluding diaryl/α,β-unsaturated/α-hetero) is 1. The summed E-state index contributed by atoms with van der Waals surface area (Å²) in [7, 11) is 0. The van der Waals surface area contributed by atoms with Crippen LogP contribution in [0.4, 0.5) is 0 Å². The van der Waals surface area contributed by atoms with Gasteiger partial charge in [0.15, 0.2) is 5.78 Å². The highest BCUT2D eigenvalue weighted by Gasteiger charge is 2.40. The highest BCUT2D eigenvalue weighted by Crippen LogP contribution is 2.40. The molecule has 0 radical (unpaired) electrons. The minimum absolute atomic E-state index is 0.0221. The van der Waals surface area contributed by atoms with Gasteiger partial charge in [0, 0.05) is 25.2 Å². The molecule has 1 saturated heterocycles. The molecule has 3 heteroatoms. The molecule has 3 aliphatic heterocycles. The quantitative estimate of drug-likeness (QED) is 0.714. The number of fused-ring (bicyclic) bond motifs is 3. The molecule has 0 aliphatic carbocycles. The van der Waals surface area contributed by atoms with Crippen molar-refractivity contribution in [2.75, 3.05) is 13.1 Å². The molecule has 1 aromatic carbocycles. The third-order valence-corrected chi connectivity index (χ3v) is 4.49. The average molecular weight is 255 g/mol. The first-order valence-electron chi connectivity index (χ1n) is 7.04. The number of benzene rings is 1. The maximum atomic E-state index is 12.8. The molecular formula is C16H17NO2. The Morgan fingerprint density at radius 2 is 2.21 bits per heavy atom. The molecule has 0 N–H and O–H groups in total. The van der Waals surface area contributed by atoms with Crippen LogP contribution in [0, 0.1) is 6.92 Å². The van der Waals surface area contributed by atoms with Crippen molar-refractivity contribution in [3.05, 3.63) is 40.6 Å². The van der Waals surface area contributed by atoms with E-state index in [1.165, 1.54) is 12.1 Å². The van der Waals surface area contributed by atoms with Gasteiger partial charge < -0.3 is 9.64 Å². The van der Waals surface area contributed by atoms with Gasteiger partial charge in [-0.05, 0) is 31.4 Å². The second-order valence-electron chi connectivity index (χ2n) is 5.62. The number of carbonyl (C=O) groups excluding carboxylic acids is 1. The van der Waals surface area contributed by atoms with Crippen LogP contribution in [0.2, 0.25) is 0 Å². The van der Waals surface area contributed by atoms with Crippen LogP contribution in [0.3, 0.4) is 0 Å². The van der Waals surface area contributed by atoms with E-state index in [4.69, 9.17) is 4.74 Å². The first kappa shape index (κ1) is 11.1. The van der Waals surface area contributed by atoms with E-state index in [1.54, 1.807) is 0 Å². The highest BCUT2D eigenvalue weighted by atomic mass is 16.5. The van der Waals surface area contributed by atoms with Gasteiger partial charge in [-0.15, -0.1) is 0 Å². The van der Waals surface area contributed by atoms with Gasteiger partial charge in [-0.25, -0.2) is 0 Å². The number of hydrogen-bond acceptors (Lipinski definition) is 3. The molecule has 3 aliphatic rings. The zero-order valence-corrected chi connectivity index (χ0v) is 11.1. The molecule has 1 atom stereocenters. The van der Waals surface area contributed by atoms with Gasteiger partial charge >= 0.3 is 0 Å². The summed E-state index contributed by atoms with van der Waals surface area (Å²) in [6.45, 7) is 4.11. The van der Waals surface area contributed by atoms with Crippen LogP contribution in [-0.4, -0.2) is 29.9 Å². The first-order chi connectivity index (χ1) is 9.25. The van der Waals surface area contributed by atoms with Crippen LogP contribution in [0.15, 0.2) is 29.5 Å². The van der Waals surface area contributed by atoms with Crippen molar-refractivity contribution in [2.45, 2.75) is 32.3 Å².